The van der Waals surface area contributed by atoms with Crippen LogP contribution in [0.3, 0.4) is 0 Å². The van der Waals surface area contributed by atoms with Crippen molar-refractivity contribution in [2.24, 2.45) is 0 Å². The van der Waals surface area contributed by atoms with Crippen molar-refractivity contribution in [3.8, 4) is 0 Å². The Morgan fingerprint density at radius 2 is 1.69 bits per heavy atom. The van der Waals surface area contributed by atoms with Gasteiger partial charge < -0.3 is 29.2 Å². The molecule has 0 saturated carbocycles. The van der Waals surface area contributed by atoms with Crippen LogP contribution in [0.1, 0.15) is 0 Å². The molecule has 16 heavy (non-hydrogen) atoms. The van der Waals surface area contributed by atoms with E-state index in [-0.39, 0.29) is 0 Å². The molecule has 0 aromatic carbocycles. The van der Waals surface area contributed by atoms with Crippen molar-refractivity contribution < 1.29 is 34.0 Å². The second kappa shape index (κ2) is 5.55. The molecule has 5 atom stereocenters. The SMILES string of the molecule is COC(=O)C1O[C@@H](O)C(OC)[C@H](OC)[C@H]1O. The van der Waals surface area contributed by atoms with Crippen LogP contribution in [-0.2, 0) is 23.7 Å². The zero-order valence-corrected chi connectivity index (χ0v) is 9.32. The van der Waals surface area contributed by atoms with Crippen LogP contribution in [-0.4, -0.2) is 68.2 Å². The lowest BCUT2D eigenvalue weighted by molar-refractivity contribution is -0.289. The zero-order valence-electron chi connectivity index (χ0n) is 9.32. The fourth-order valence-corrected chi connectivity index (χ4v) is 1.67. The number of aliphatic hydroxyl groups excluding tert-OH is 2. The smallest absolute Gasteiger partial charge is 0.337 e. The van der Waals surface area contributed by atoms with Gasteiger partial charge in [-0.1, -0.05) is 0 Å². The fraction of sp³-hybridized carbons (Fsp3) is 0.889. The van der Waals surface area contributed by atoms with Gasteiger partial charge >= 0.3 is 5.97 Å². The zero-order chi connectivity index (χ0) is 12.3. The highest BCUT2D eigenvalue weighted by molar-refractivity contribution is 5.75. The first-order chi connectivity index (χ1) is 7.56. The highest BCUT2D eigenvalue weighted by Gasteiger charge is 2.48. The topological polar surface area (TPSA) is 94.5 Å². The van der Waals surface area contributed by atoms with Crippen molar-refractivity contribution in [3.63, 3.8) is 0 Å². The molecule has 94 valence electrons. The molecule has 7 heteroatoms. The van der Waals surface area contributed by atoms with E-state index in [4.69, 9.17) is 14.2 Å². The number of ether oxygens (including phenoxy) is 4. The van der Waals surface area contributed by atoms with E-state index in [1.54, 1.807) is 0 Å². The molecular weight excluding hydrogens is 220 g/mol. The minimum atomic E-state index is -1.36. The van der Waals surface area contributed by atoms with Gasteiger partial charge in [-0.3, -0.25) is 0 Å². The third-order valence-electron chi connectivity index (χ3n) is 2.52. The van der Waals surface area contributed by atoms with Crippen molar-refractivity contribution in [1.29, 1.82) is 0 Å². The molecule has 1 saturated heterocycles. The van der Waals surface area contributed by atoms with Crippen LogP contribution in [0.15, 0.2) is 0 Å². The molecule has 1 heterocycles. The summed E-state index contributed by atoms with van der Waals surface area (Å²) < 4.78 is 19.3. The molecule has 1 fully saturated rings. The lowest BCUT2D eigenvalue weighted by Crippen LogP contribution is -2.61. The van der Waals surface area contributed by atoms with E-state index in [1.807, 2.05) is 0 Å². The van der Waals surface area contributed by atoms with Gasteiger partial charge in [0.15, 0.2) is 12.4 Å². The predicted octanol–water partition coefficient (Wildman–Crippen LogP) is -1.73. The Balaban J connectivity index is 2.84. The average molecular weight is 236 g/mol. The summed E-state index contributed by atoms with van der Waals surface area (Å²) in [7, 11) is 3.84. The van der Waals surface area contributed by atoms with E-state index >= 15 is 0 Å². The minimum Gasteiger partial charge on any atom is -0.467 e. The van der Waals surface area contributed by atoms with E-state index in [1.165, 1.54) is 14.2 Å². The van der Waals surface area contributed by atoms with Crippen LogP contribution in [0, 0.1) is 0 Å². The highest BCUT2D eigenvalue weighted by Crippen LogP contribution is 2.24. The van der Waals surface area contributed by atoms with Crippen molar-refractivity contribution in [1.82, 2.24) is 0 Å². The van der Waals surface area contributed by atoms with Gasteiger partial charge in [-0.2, -0.15) is 0 Å². The van der Waals surface area contributed by atoms with E-state index in [0.717, 1.165) is 7.11 Å². The second-order valence-corrected chi connectivity index (χ2v) is 3.36. The summed E-state index contributed by atoms with van der Waals surface area (Å²) in [5, 5.41) is 19.4. The summed E-state index contributed by atoms with van der Waals surface area (Å²) in [6.07, 6.45) is -5.62. The summed E-state index contributed by atoms with van der Waals surface area (Å²) in [6.45, 7) is 0. The number of hydrogen-bond acceptors (Lipinski definition) is 7. The number of rotatable bonds is 3. The summed E-state index contributed by atoms with van der Waals surface area (Å²) >= 11 is 0. The maximum atomic E-state index is 11.3. The Morgan fingerprint density at radius 3 is 2.12 bits per heavy atom. The third kappa shape index (κ3) is 2.33. The Labute approximate surface area is 92.9 Å². The molecule has 0 amide bonds. The van der Waals surface area contributed by atoms with Gasteiger partial charge in [-0.15, -0.1) is 0 Å². The maximum absolute atomic E-state index is 11.3. The quantitative estimate of drug-likeness (QED) is 0.562. The first kappa shape index (κ1) is 13.3. The van der Waals surface area contributed by atoms with Gasteiger partial charge in [-0.25, -0.2) is 4.79 Å². The Hall–Kier alpha value is -0.730. The van der Waals surface area contributed by atoms with Crippen LogP contribution < -0.4 is 0 Å². The molecule has 1 aliphatic heterocycles. The number of hydrogen-bond donors (Lipinski definition) is 2. The molecular formula is C9H16O7. The van der Waals surface area contributed by atoms with Gasteiger partial charge in [0.05, 0.1) is 7.11 Å². The number of aliphatic hydroxyl groups is 2. The monoisotopic (exact) mass is 236 g/mol. The van der Waals surface area contributed by atoms with E-state index in [9.17, 15) is 15.0 Å². The van der Waals surface area contributed by atoms with Crippen molar-refractivity contribution >= 4 is 5.97 Å². The lowest BCUT2D eigenvalue weighted by Gasteiger charge is -2.40. The minimum absolute atomic E-state index is 0.775. The van der Waals surface area contributed by atoms with Crippen LogP contribution in [0.2, 0.25) is 0 Å². The van der Waals surface area contributed by atoms with Crippen LogP contribution in [0.5, 0.6) is 0 Å². The number of carbonyl (C=O) groups is 1. The molecule has 0 bridgehead atoms. The highest BCUT2D eigenvalue weighted by atomic mass is 16.7. The normalized spacial score (nSPS) is 39.4. The molecule has 0 spiro atoms. The van der Waals surface area contributed by atoms with E-state index in [2.05, 4.69) is 4.74 Å². The maximum Gasteiger partial charge on any atom is 0.337 e. The van der Waals surface area contributed by atoms with Crippen LogP contribution >= 0.6 is 0 Å². The predicted molar refractivity (Wildman–Crippen MR) is 50.5 cm³/mol. The van der Waals surface area contributed by atoms with Gasteiger partial charge in [0.2, 0.25) is 0 Å². The summed E-state index contributed by atoms with van der Waals surface area (Å²) in [4.78, 5) is 11.3. The first-order valence-electron chi connectivity index (χ1n) is 4.71. The molecule has 0 radical (unpaired) electrons. The molecule has 0 aromatic heterocycles. The lowest BCUT2D eigenvalue weighted by atomic mass is 9.98. The standard InChI is InChI=1S/C9H16O7/c1-13-5-4(10)6(8(11)15-3)16-9(12)7(5)14-2/h4-7,9-10,12H,1-3H3/t4-,5-,6?,7?,9-/m1/s1. The van der Waals surface area contributed by atoms with E-state index < -0.39 is 36.7 Å². The van der Waals surface area contributed by atoms with Crippen LogP contribution in [0.4, 0.5) is 0 Å². The summed E-state index contributed by atoms with van der Waals surface area (Å²) in [6, 6.07) is 0. The molecule has 2 N–H and O–H groups in total. The molecule has 0 aromatic rings. The number of methoxy groups -OCH3 is 3. The van der Waals surface area contributed by atoms with Crippen LogP contribution in [0.25, 0.3) is 0 Å². The van der Waals surface area contributed by atoms with Crippen molar-refractivity contribution in [2.75, 3.05) is 21.3 Å². The van der Waals surface area contributed by atoms with Gasteiger partial charge in [0.1, 0.15) is 18.3 Å². The third-order valence-corrected chi connectivity index (χ3v) is 2.52. The second-order valence-electron chi connectivity index (χ2n) is 3.36. The van der Waals surface area contributed by atoms with Crippen molar-refractivity contribution in [3.05, 3.63) is 0 Å². The summed E-state index contributed by atoms with van der Waals surface area (Å²) in [5.74, 6) is -0.775. The largest absolute Gasteiger partial charge is 0.467 e. The summed E-state index contributed by atoms with van der Waals surface area (Å²) in [5.41, 5.74) is 0. The number of esters is 1. The molecule has 1 aliphatic rings. The molecule has 1 rings (SSSR count). The molecule has 0 aliphatic carbocycles. The van der Waals surface area contributed by atoms with Crippen molar-refractivity contribution in [2.45, 2.75) is 30.7 Å². The Morgan fingerprint density at radius 1 is 1.12 bits per heavy atom. The first-order valence-corrected chi connectivity index (χ1v) is 4.71. The molecule has 2 unspecified atom stereocenters. The average Bonchev–Trinajstić information content (AvgIpc) is 2.29. The molecule has 7 nitrogen and oxygen atoms in total. The van der Waals surface area contributed by atoms with E-state index in [0.29, 0.717) is 0 Å². The van der Waals surface area contributed by atoms with Gasteiger partial charge in [-0.05, 0) is 0 Å². The fourth-order valence-electron chi connectivity index (χ4n) is 1.67. The Bertz CT molecular complexity index is 244. The van der Waals surface area contributed by atoms with Gasteiger partial charge in [0.25, 0.3) is 0 Å². The van der Waals surface area contributed by atoms with Gasteiger partial charge in [0, 0.05) is 14.2 Å². The number of carbonyl (C=O) groups excluding carboxylic acids is 1. The Kier molecular flexibility index (Phi) is 4.63.